The SMILES string of the molecule is CC(OC(=O)Nc1ccc(C(N)=NC=Nc2ccc(OC(F)(F)F)cc2)cc1)c1ccc(I)cc1. The Morgan fingerprint density at radius 3 is 2.26 bits per heavy atom. The van der Waals surface area contributed by atoms with Crippen LogP contribution in [0.3, 0.4) is 0 Å². The van der Waals surface area contributed by atoms with E-state index in [9.17, 15) is 18.0 Å². The molecule has 1 unspecified atom stereocenters. The Morgan fingerprint density at radius 1 is 1.03 bits per heavy atom. The molecule has 11 heteroatoms. The minimum Gasteiger partial charge on any atom is -0.441 e. The largest absolute Gasteiger partial charge is 0.573 e. The second-order valence-corrected chi connectivity index (χ2v) is 8.35. The molecule has 0 aliphatic carbocycles. The molecule has 0 aliphatic heterocycles. The van der Waals surface area contributed by atoms with Crippen LogP contribution in [0.25, 0.3) is 0 Å². The lowest BCUT2D eigenvalue weighted by molar-refractivity contribution is -0.274. The molecule has 0 aliphatic rings. The van der Waals surface area contributed by atoms with Crippen LogP contribution in [0, 0.1) is 3.57 Å². The lowest BCUT2D eigenvalue weighted by atomic mass is 10.1. The van der Waals surface area contributed by atoms with Crippen LogP contribution in [0.4, 0.5) is 29.3 Å². The number of hydrogen-bond donors (Lipinski definition) is 2. The van der Waals surface area contributed by atoms with Crippen LogP contribution >= 0.6 is 22.6 Å². The summed E-state index contributed by atoms with van der Waals surface area (Å²) in [4.78, 5) is 20.2. The van der Waals surface area contributed by atoms with Crippen LogP contribution in [0.1, 0.15) is 24.2 Å². The number of alkyl halides is 3. The van der Waals surface area contributed by atoms with Gasteiger partial charge in [-0.3, -0.25) is 5.32 Å². The topological polar surface area (TPSA) is 98.3 Å². The molecule has 7 nitrogen and oxygen atoms in total. The molecule has 182 valence electrons. The molecule has 35 heavy (non-hydrogen) atoms. The number of benzene rings is 3. The Balaban J connectivity index is 1.53. The molecule has 3 aromatic rings. The number of hydrogen-bond acceptors (Lipinski definition) is 4. The highest BCUT2D eigenvalue weighted by Crippen LogP contribution is 2.25. The fraction of sp³-hybridized carbons (Fsp3) is 0.125. The first-order valence-electron chi connectivity index (χ1n) is 10.1. The number of halogens is 4. The Morgan fingerprint density at radius 2 is 1.66 bits per heavy atom. The van der Waals surface area contributed by atoms with Gasteiger partial charge in [-0.1, -0.05) is 12.1 Å². The molecule has 0 radical (unpaired) electrons. The molecule has 1 atom stereocenters. The van der Waals surface area contributed by atoms with Gasteiger partial charge in [-0.05, 0) is 95.7 Å². The fourth-order valence-electron chi connectivity index (χ4n) is 2.80. The van der Waals surface area contributed by atoms with Gasteiger partial charge < -0.3 is 15.2 Å². The molecule has 3 rings (SSSR count). The number of carbonyl (C=O) groups excluding carboxylic acids is 1. The van der Waals surface area contributed by atoms with E-state index in [-0.39, 0.29) is 11.6 Å². The van der Waals surface area contributed by atoms with Crippen molar-refractivity contribution in [2.45, 2.75) is 19.4 Å². The third kappa shape index (κ3) is 8.59. The second-order valence-electron chi connectivity index (χ2n) is 7.10. The van der Waals surface area contributed by atoms with Gasteiger partial charge in [0.05, 0.1) is 5.69 Å². The van der Waals surface area contributed by atoms with Gasteiger partial charge >= 0.3 is 12.5 Å². The van der Waals surface area contributed by atoms with Gasteiger partial charge in [-0.15, -0.1) is 13.2 Å². The molecule has 3 N–H and O–H groups in total. The van der Waals surface area contributed by atoms with Crippen LogP contribution in [0.5, 0.6) is 5.75 Å². The summed E-state index contributed by atoms with van der Waals surface area (Å²) >= 11 is 2.20. The maximum atomic E-state index is 12.2. The summed E-state index contributed by atoms with van der Waals surface area (Å²) in [5, 5.41) is 2.65. The van der Waals surface area contributed by atoms with E-state index in [2.05, 4.69) is 42.6 Å². The average Bonchev–Trinajstić information content (AvgIpc) is 2.80. The number of rotatable bonds is 7. The first kappa shape index (κ1) is 26.0. The van der Waals surface area contributed by atoms with Gasteiger partial charge in [0, 0.05) is 14.8 Å². The van der Waals surface area contributed by atoms with Crippen molar-refractivity contribution in [1.82, 2.24) is 0 Å². The Labute approximate surface area is 213 Å². The van der Waals surface area contributed by atoms with Crippen molar-refractivity contribution >= 4 is 52.2 Å². The Hall–Kier alpha value is -3.61. The minimum atomic E-state index is -4.76. The average molecular weight is 596 g/mol. The molecule has 0 bridgehead atoms. The van der Waals surface area contributed by atoms with Crippen molar-refractivity contribution in [1.29, 1.82) is 0 Å². The maximum Gasteiger partial charge on any atom is 0.573 e. The van der Waals surface area contributed by atoms with E-state index in [1.807, 2.05) is 24.3 Å². The highest BCUT2D eigenvalue weighted by molar-refractivity contribution is 14.1. The molecule has 0 spiro atoms. The van der Waals surface area contributed by atoms with E-state index in [4.69, 9.17) is 10.5 Å². The zero-order valence-corrected chi connectivity index (χ0v) is 20.4. The lowest BCUT2D eigenvalue weighted by Crippen LogP contribution is -2.17. The van der Waals surface area contributed by atoms with Gasteiger partial charge in [-0.25, -0.2) is 14.8 Å². The summed E-state index contributed by atoms with van der Waals surface area (Å²) in [5.74, 6) is -0.186. The number of nitrogens with one attached hydrogen (secondary N) is 1. The van der Waals surface area contributed by atoms with Crippen LogP contribution in [0.2, 0.25) is 0 Å². The zero-order valence-electron chi connectivity index (χ0n) is 18.3. The molecule has 1 amide bonds. The van der Waals surface area contributed by atoms with E-state index in [0.29, 0.717) is 16.9 Å². The second kappa shape index (κ2) is 11.7. The number of aliphatic imine (C=N–C) groups is 2. The molecular weight excluding hydrogens is 576 g/mol. The monoisotopic (exact) mass is 596 g/mol. The summed E-state index contributed by atoms with van der Waals surface area (Å²) < 4.78 is 46.9. The number of carbonyl (C=O) groups is 1. The van der Waals surface area contributed by atoms with Crippen molar-refractivity contribution < 1.29 is 27.4 Å². The van der Waals surface area contributed by atoms with E-state index in [1.54, 1.807) is 31.2 Å². The highest BCUT2D eigenvalue weighted by atomic mass is 127. The molecule has 0 aromatic heterocycles. The summed E-state index contributed by atoms with van der Waals surface area (Å²) in [6, 6.07) is 19.3. The summed E-state index contributed by atoms with van der Waals surface area (Å²) in [7, 11) is 0. The molecule has 0 saturated carbocycles. The Bertz CT molecular complexity index is 1200. The van der Waals surface area contributed by atoms with Crippen molar-refractivity contribution in [2.75, 3.05) is 5.32 Å². The van der Waals surface area contributed by atoms with Gasteiger partial charge in [0.15, 0.2) is 0 Å². The third-order valence-electron chi connectivity index (χ3n) is 4.52. The number of anilines is 1. The number of nitrogens with zero attached hydrogens (tertiary/aromatic N) is 2. The number of nitrogens with two attached hydrogens (primary N) is 1. The zero-order chi connectivity index (χ0) is 25.4. The minimum absolute atomic E-state index is 0.159. The predicted octanol–water partition coefficient (Wildman–Crippen LogP) is 6.56. The normalized spacial score (nSPS) is 12.9. The third-order valence-corrected chi connectivity index (χ3v) is 5.24. The van der Waals surface area contributed by atoms with Crippen molar-refractivity contribution in [3.8, 4) is 5.75 Å². The lowest BCUT2D eigenvalue weighted by Gasteiger charge is -2.14. The predicted molar refractivity (Wildman–Crippen MR) is 136 cm³/mol. The fourth-order valence-corrected chi connectivity index (χ4v) is 3.16. The van der Waals surface area contributed by atoms with E-state index in [1.165, 1.54) is 18.5 Å². The maximum absolute atomic E-state index is 12.2. The first-order chi connectivity index (χ1) is 16.6. The number of ether oxygens (including phenoxy) is 2. The molecular formula is C24H20F3IN4O3. The Kier molecular flexibility index (Phi) is 8.68. The van der Waals surface area contributed by atoms with Gasteiger partial charge in [0.25, 0.3) is 0 Å². The molecule has 0 fully saturated rings. The van der Waals surface area contributed by atoms with Crippen molar-refractivity contribution in [2.24, 2.45) is 15.7 Å². The van der Waals surface area contributed by atoms with Gasteiger partial charge in [0.1, 0.15) is 24.0 Å². The van der Waals surface area contributed by atoms with Crippen molar-refractivity contribution in [3.05, 3.63) is 87.5 Å². The van der Waals surface area contributed by atoms with Crippen molar-refractivity contribution in [3.63, 3.8) is 0 Å². The smallest absolute Gasteiger partial charge is 0.441 e. The molecule has 0 saturated heterocycles. The quantitative estimate of drug-likeness (QED) is 0.183. The molecule has 3 aromatic carbocycles. The number of amides is 1. The summed E-state index contributed by atoms with van der Waals surface area (Å²) in [6.45, 7) is 1.79. The van der Waals surface area contributed by atoms with Crippen LogP contribution < -0.4 is 15.8 Å². The van der Waals surface area contributed by atoms with E-state index >= 15 is 0 Å². The van der Waals surface area contributed by atoms with Gasteiger partial charge in [-0.2, -0.15) is 0 Å². The van der Waals surface area contributed by atoms with E-state index in [0.717, 1.165) is 21.3 Å². The molecule has 0 heterocycles. The summed E-state index contributed by atoms with van der Waals surface area (Å²) in [5.41, 5.74) is 8.29. The van der Waals surface area contributed by atoms with E-state index < -0.39 is 18.6 Å². The summed E-state index contributed by atoms with van der Waals surface area (Å²) in [6.07, 6.45) is -4.58. The van der Waals surface area contributed by atoms with Crippen LogP contribution in [-0.4, -0.2) is 24.6 Å². The van der Waals surface area contributed by atoms with Crippen LogP contribution in [0.15, 0.2) is 82.8 Å². The number of amidine groups is 1. The van der Waals surface area contributed by atoms with Crippen LogP contribution in [-0.2, 0) is 4.74 Å². The first-order valence-corrected chi connectivity index (χ1v) is 11.2. The standard InChI is InChI=1S/C24H20F3IN4O3/c1-15(16-2-6-18(28)7-3-16)34-23(33)32-20-8-4-17(5-9-20)22(29)31-14-30-19-10-12-21(13-11-19)35-24(25,26)27/h2-15H,1H3,(H,32,33)(H2,29,30,31). The van der Waals surface area contributed by atoms with Gasteiger partial charge in [0.2, 0.25) is 0 Å². The highest BCUT2D eigenvalue weighted by Gasteiger charge is 2.30.